The predicted octanol–water partition coefficient (Wildman–Crippen LogP) is 3.11. The van der Waals surface area contributed by atoms with Crippen molar-refractivity contribution in [2.45, 2.75) is 6.42 Å². The summed E-state index contributed by atoms with van der Waals surface area (Å²) < 4.78 is 17.4. The van der Waals surface area contributed by atoms with Crippen molar-refractivity contribution in [1.29, 1.82) is 0 Å². The lowest BCUT2D eigenvalue weighted by Gasteiger charge is -2.15. The van der Waals surface area contributed by atoms with Gasteiger partial charge in [0.05, 0.1) is 39.1 Å². The first-order valence-corrected chi connectivity index (χ1v) is 12.0. The highest BCUT2D eigenvalue weighted by atomic mass is 16.5. The lowest BCUT2D eigenvalue weighted by molar-refractivity contribution is -0.120. The Hall–Kier alpha value is -4.79. The molecule has 0 saturated heterocycles. The molecule has 0 spiro atoms. The molecule has 0 saturated carbocycles. The number of carbonyl (C=O) groups is 2. The van der Waals surface area contributed by atoms with Gasteiger partial charge in [-0.25, -0.2) is 0 Å². The summed E-state index contributed by atoms with van der Waals surface area (Å²) >= 11 is 0. The number of nitrogens with one attached hydrogen (secondary N) is 2. The zero-order valence-corrected chi connectivity index (χ0v) is 21.4. The first kappa shape index (κ1) is 26.3. The molecule has 196 valence electrons. The van der Waals surface area contributed by atoms with Crippen molar-refractivity contribution in [3.8, 4) is 22.9 Å². The first-order chi connectivity index (χ1) is 18.5. The predicted molar refractivity (Wildman–Crippen MR) is 145 cm³/mol. The SMILES string of the molecule is COc1ccc(CCNC(=O)CNC(=O)c2cn(-c3ccccc3OC)c(=O)c3ccccc23)cc1OC. The van der Waals surface area contributed by atoms with Gasteiger partial charge in [0.15, 0.2) is 11.5 Å². The summed E-state index contributed by atoms with van der Waals surface area (Å²) in [6.45, 7) is 0.165. The van der Waals surface area contributed by atoms with Gasteiger partial charge in [-0.15, -0.1) is 0 Å². The molecule has 0 atom stereocenters. The van der Waals surface area contributed by atoms with E-state index in [1.54, 1.807) is 62.8 Å². The average molecular weight is 516 g/mol. The minimum Gasteiger partial charge on any atom is -0.495 e. The number of benzene rings is 3. The van der Waals surface area contributed by atoms with Crippen LogP contribution in [0.1, 0.15) is 15.9 Å². The van der Waals surface area contributed by atoms with Gasteiger partial charge in [0, 0.05) is 23.5 Å². The van der Waals surface area contributed by atoms with Gasteiger partial charge in [-0.2, -0.15) is 0 Å². The molecule has 0 aliphatic heterocycles. The van der Waals surface area contributed by atoms with Gasteiger partial charge < -0.3 is 24.8 Å². The third-order valence-corrected chi connectivity index (χ3v) is 6.11. The molecule has 2 N–H and O–H groups in total. The number of hydrogen-bond donors (Lipinski definition) is 2. The third-order valence-electron chi connectivity index (χ3n) is 6.11. The molecule has 1 aromatic heterocycles. The van der Waals surface area contributed by atoms with Crippen LogP contribution < -0.4 is 30.4 Å². The minimum absolute atomic E-state index is 0.215. The Bertz CT molecular complexity index is 1530. The van der Waals surface area contributed by atoms with E-state index < -0.39 is 5.91 Å². The zero-order valence-electron chi connectivity index (χ0n) is 21.4. The van der Waals surface area contributed by atoms with Crippen molar-refractivity contribution in [2.75, 3.05) is 34.4 Å². The largest absolute Gasteiger partial charge is 0.495 e. The molecule has 9 heteroatoms. The molecule has 0 radical (unpaired) electrons. The maximum absolute atomic E-state index is 13.2. The van der Waals surface area contributed by atoms with E-state index in [9.17, 15) is 14.4 Å². The van der Waals surface area contributed by atoms with E-state index in [0.717, 1.165) is 5.56 Å². The number of carbonyl (C=O) groups excluding carboxylic acids is 2. The van der Waals surface area contributed by atoms with E-state index in [0.29, 0.717) is 46.7 Å². The Morgan fingerprint density at radius 3 is 2.21 bits per heavy atom. The number of hydrogen-bond acceptors (Lipinski definition) is 6. The van der Waals surface area contributed by atoms with Crippen LogP contribution in [0.25, 0.3) is 16.5 Å². The Labute approximate surface area is 220 Å². The fourth-order valence-corrected chi connectivity index (χ4v) is 4.18. The summed E-state index contributed by atoms with van der Waals surface area (Å²) in [4.78, 5) is 38.9. The second kappa shape index (κ2) is 12.0. The van der Waals surface area contributed by atoms with E-state index in [1.165, 1.54) is 17.9 Å². The van der Waals surface area contributed by atoms with E-state index in [4.69, 9.17) is 14.2 Å². The Kier molecular flexibility index (Phi) is 8.27. The van der Waals surface area contributed by atoms with Crippen molar-refractivity contribution in [1.82, 2.24) is 15.2 Å². The van der Waals surface area contributed by atoms with Crippen molar-refractivity contribution >= 4 is 22.6 Å². The molecule has 9 nitrogen and oxygen atoms in total. The second-order valence-electron chi connectivity index (χ2n) is 8.41. The van der Waals surface area contributed by atoms with Crippen LogP contribution in [0.15, 0.2) is 77.7 Å². The molecular weight excluding hydrogens is 486 g/mol. The molecular formula is C29H29N3O6. The molecule has 4 aromatic rings. The van der Waals surface area contributed by atoms with Gasteiger partial charge in [-0.3, -0.25) is 19.0 Å². The number of rotatable bonds is 10. The topological polar surface area (TPSA) is 108 Å². The van der Waals surface area contributed by atoms with E-state index in [-0.39, 0.29) is 23.6 Å². The Morgan fingerprint density at radius 1 is 0.789 bits per heavy atom. The third kappa shape index (κ3) is 5.62. The Balaban J connectivity index is 1.46. The maximum atomic E-state index is 13.2. The number of methoxy groups -OCH3 is 3. The number of fused-ring (bicyclic) bond motifs is 1. The fraction of sp³-hybridized carbons (Fsp3) is 0.207. The average Bonchev–Trinajstić information content (AvgIpc) is 2.96. The van der Waals surface area contributed by atoms with Crippen LogP contribution in [0, 0.1) is 0 Å². The number of pyridine rings is 1. The standard InChI is InChI=1S/C29H29N3O6/c1-36-24-11-7-6-10-23(24)32-18-22(20-8-4-5-9-21(20)29(32)35)28(34)31-17-27(33)30-15-14-19-12-13-25(37-2)26(16-19)38-3/h4-13,16,18H,14-15,17H2,1-3H3,(H,30,33)(H,31,34). The van der Waals surface area contributed by atoms with Crippen LogP contribution >= 0.6 is 0 Å². The molecule has 1 heterocycles. The molecule has 4 rings (SSSR count). The monoisotopic (exact) mass is 515 g/mol. The van der Waals surface area contributed by atoms with E-state index in [2.05, 4.69) is 10.6 Å². The van der Waals surface area contributed by atoms with Gasteiger partial charge in [0.2, 0.25) is 5.91 Å². The Morgan fingerprint density at radius 2 is 1.47 bits per heavy atom. The molecule has 38 heavy (non-hydrogen) atoms. The van der Waals surface area contributed by atoms with Crippen molar-refractivity contribution in [2.24, 2.45) is 0 Å². The van der Waals surface area contributed by atoms with Crippen LogP contribution in [0.3, 0.4) is 0 Å². The number of ether oxygens (including phenoxy) is 3. The van der Waals surface area contributed by atoms with Crippen molar-refractivity contribution in [3.05, 3.63) is 94.4 Å². The highest BCUT2D eigenvalue weighted by molar-refractivity contribution is 6.07. The van der Waals surface area contributed by atoms with Gasteiger partial charge >= 0.3 is 0 Å². The molecule has 0 aliphatic carbocycles. The normalized spacial score (nSPS) is 10.6. The second-order valence-corrected chi connectivity index (χ2v) is 8.41. The molecule has 3 aromatic carbocycles. The minimum atomic E-state index is -0.472. The maximum Gasteiger partial charge on any atom is 0.263 e. The van der Waals surface area contributed by atoms with E-state index in [1.807, 2.05) is 18.2 Å². The summed E-state index contributed by atoms with van der Waals surface area (Å²) in [7, 11) is 4.65. The van der Waals surface area contributed by atoms with Gasteiger partial charge in [-0.05, 0) is 42.3 Å². The number of aromatic nitrogens is 1. The van der Waals surface area contributed by atoms with Gasteiger partial charge in [-0.1, -0.05) is 36.4 Å². The summed E-state index contributed by atoms with van der Waals surface area (Å²) in [5.74, 6) is 0.934. The summed E-state index contributed by atoms with van der Waals surface area (Å²) in [6, 6.07) is 19.5. The molecule has 0 bridgehead atoms. The first-order valence-electron chi connectivity index (χ1n) is 12.0. The van der Waals surface area contributed by atoms with Crippen molar-refractivity contribution in [3.63, 3.8) is 0 Å². The van der Waals surface area contributed by atoms with Crippen LogP contribution in [0.2, 0.25) is 0 Å². The quantitative estimate of drug-likeness (QED) is 0.336. The van der Waals surface area contributed by atoms with Crippen LogP contribution in [0.5, 0.6) is 17.2 Å². The van der Waals surface area contributed by atoms with E-state index >= 15 is 0 Å². The van der Waals surface area contributed by atoms with Crippen molar-refractivity contribution < 1.29 is 23.8 Å². The zero-order chi connectivity index (χ0) is 27.1. The summed E-state index contributed by atoms with van der Waals surface area (Å²) in [5.41, 5.74) is 1.46. The smallest absolute Gasteiger partial charge is 0.263 e. The molecule has 0 unspecified atom stereocenters. The van der Waals surface area contributed by atoms with Crippen LogP contribution in [-0.4, -0.2) is 50.8 Å². The van der Waals surface area contributed by atoms with Crippen LogP contribution in [0.4, 0.5) is 0 Å². The van der Waals surface area contributed by atoms with Gasteiger partial charge in [0.1, 0.15) is 5.75 Å². The molecule has 0 aliphatic rings. The number of para-hydroxylation sites is 2. The number of amides is 2. The molecule has 2 amide bonds. The molecule has 0 fully saturated rings. The van der Waals surface area contributed by atoms with Gasteiger partial charge in [0.25, 0.3) is 11.5 Å². The lowest BCUT2D eigenvalue weighted by atomic mass is 10.1. The summed E-state index contributed by atoms with van der Waals surface area (Å²) in [5, 5.41) is 6.35. The number of nitrogens with zero attached hydrogens (tertiary/aromatic N) is 1. The summed E-state index contributed by atoms with van der Waals surface area (Å²) in [6.07, 6.45) is 2.06. The highest BCUT2D eigenvalue weighted by Gasteiger charge is 2.17. The van der Waals surface area contributed by atoms with Crippen LogP contribution in [-0.2, 0) is 11.2 Å². The lowest BCUT2D eigenvalue weighted by Crippen LogP contribution is -2.38. The fourth-order valence-electron chi connectivity index (χ4n) is 4.18. The highest BCUT2D eigenvalue weighted by Crippen LogP contribution is 2.27.